The van der Waals surface area contributed by atoms with Crippen LogP contribution in [0.15, 0.2) is 70.3 Å². The summed E-state index contributed by atoms with van der Waals surface area (Å²) in [5.41, 5.74) is 6.16. The summed E-state index contributed by atoms with van der Waals surface area (Å²) >= 11 is 0. The quantitative estimate of drug-likeness (QED) is 0.150. The van der Waals surface area contributed by atoms with Gasteiger partial charge in [-0.1, -0.05) is 38.1 Å². The maximum Gasteiger partial charge on any atom is 0.248 e. The van der Waals surface area contributed by atoms with Crippen LogP contribution in [0, 0.1) is 0 Å². The Morgan fingerprint density at radius 2 is 1.14 bits per heavy atom. The predicted molar refractivity (Wildman–Crippen MR) is 170 cm³/mol. The van der Waals surface area contributed by atoms with Gasteiger partial charge in [0.05, 0.1) is 23.2 Å². The Morgan fingerprint density at radius 1 is 0.705 bits per heavy atom. The van der Waals surface area contributed by atoms with E-state index in [1.165, 1.54) is 46.5 Å². The zero-order chi connectivity index (χ0) is 31.1. The summed E-state index contributed by atoms with van der Waals surface area (Å²) in [6.07, 6.45) is 1.44. The maximum absolute atomic E-state index is 12.0. The molecule has 6 rings (SSSR count). The molecule has 5 aromatic rings. The van der Waals surface area contributed by atoms with E-state index < -0.39 is 12.2 Å². The molecule has 228 valence electrons. The number of hydrogen-bond donors (Lipinski definition) is 6. The van der Waals surface area contributed by atoms with Crippen LogP contribution in [0.25, 0.3) is 21.8 Å². The van der Waals surface area contributed by atoms with E-state index in [0.29, 0.717) is 21.9 Å². The van der Waals surface area contributed by atoms with Gasteiger partial charge in [-0.05, 0) is 83.3 Å². The van der Waals surface area contributed by atoms with Crippen LogP contribution in [0.4, 0.5) is 0 Å². The molecule has 0 amide bonds. The van der Waals surface area contributed by atoms with Crippen molar-refractivity contribution in [3.05, 3.63) is 115 Å². The fourth-order valence-corrected chi connectivity index (χ4v) is 6.78. The molecule has 0 fully saturated rings. The Hall–Kier alpha value is -4.44. The molecule has 9 heteroatoms. The van der Waals surface area contributed by atoms with Crippen LogP contribution >= 0.6 is 0 Å². The lowest BCUT2D eigenvalue weighted by Gasteiger charge is -2.33. The summed E-state index contributed by atoms with van der Waals surface area (Å²) in [7, 11) is 0. The summed E-state index contributed by atoms with van der Waals surface area (Å²) in [6.45, 7) is 4.69. The first-order valence-electron chi connectivity index (χ1n) is 15.1. The van der Waals surface area contributed by atoms with Gasteiger partial charge in [0.2, 0.25) is 11.1 Å². The first kappa shape index (κ1) is 29.6. The summed E-state index contributed by atoms with van der Waals surface area (Å²) in [4.78, 5) is 31.3. The number of rotatable bonds is 9. The number of aliphatic hydroxyl groups is 2. The molecule has 0 bridgehead atoms. The average Bonchev–Trinajstić information content (AvgIpc) is 3.43. The van der Waals surface area contributed by atoms with Crippen molar-refractivity contribution in [2.75, 3.05) is 13.1 Å². The fraction of sp³-hybridized carbons (Fsp3) is 0.314. The van der Waals surface area contributed by atoms with Gasteiger partial charge < -0.3 is 30.4 Å². The maximum atomic E-state index is 12.0. The third-order valence-electron chi connectivity index (χ3n) is 9.06. The Morgan fingerprint density at radius 3 is 1.55 bits per heavy atom. The number of aryl methyl sites for hydroxylation is 2. The van der Waals surface area contributed by atoms with E-state index in [1.807, 2.05) is 0 Å². The van der Waals surface area contributed by atoms with E-state index in [-0.39, 0.29) is 52.8 Å². The lowest BCUT2D eigenvalue weighted by Crippen LogP contribution is -2.41. The number of aromatic amines is 2. The Balaban J connectivity index is 1.36. The highest BCUT2D eigenvalue weighted by Gasteiger charge is 2.32. The number of phenolic OH excluding ortho intramolecular Hbond substituents is 2. The minimum atomic E-state index is -0.995. The molecule has 2 aromatic heterocycles. The smallest absolute Gasteiger partial charge is 0.248 e. The molecule has 0 radical (unpaired) electrons. The van der Waals surface area contributed by atoms with Crippen LogP contribution in [0.2, 0.25) is 0 Å². The average molecular weight is 596 g/mol. The molecule has 2 heterocycles. The highest BCUT2D eigenvalue weighted by atomic mass is 16.3. The molecular weight excluding hydrogens is 558 g/mol. The van der Waals surface area contributed by atoms with Crippen molar-refractivity contribution in [2.45, 2.75) is 57.8 Å². The number of H-pyrrole nitrogens is 2. The van der Waals surface area contributed by atoms with Crippen molar-refractivity contribution in [2.24, 2.45) is 0 Å². The molecule has 1 aliphatic carbocycles. The SMILES string of the molecule is CCc1cc2c(cc1CC)CC(N(CC(O)c1ccc(O)c3[nH]c(=O)ccc13)C[C@H](O)c1ccc(O)c3[nH]c(=O)ccc13)C2. The Kier molecular flexibility index (Phi) is 8.02. The second-order valence-corrected chi connectivity index (χ2v) is 11.7. The van der Waals surface area contributed by atoms with Crippen LogP contribution in [-0.2, 0) is 25.7 Å². The van der Waals surface area contributed by atoms with Crippen LogP contribution in [0.1, 0.15) is 59.4 Å². The highest BCUT2D eigenvalue weighted by Crippen LogP contribution is 2.35. The molecule has 3 aromatic carbocycles. The molecule has 0 saturated heterocycles. The number of nitrogens with one attached hydrogen (secondary N) is 2. The van der Waals surface area contributed by atoms with Crippen molar-refractivity contribution in [3.63, 3.8) is 0 Å². The Bertz CT molecular complexity index is 1840. The van der Waals surface area contributed by atoms with Gasteiger partial charge in [0.25, 0.3) is 0 Å². The van der Waals surface area contributed by atoms with Crippen molar-refractivity contribution >= 4 is 21.8 Å². The van der Waals surface area contributed by atoms with Gasteiger partial charge in [-0.25, -0.2) is 0 Å². The third-order valence-corrected chi connectivity index (χ3v) is 9.06. The van der Waals surface area contributed by atoms with Gasteiger partial charge in [-0.2, -0.15) is 0 Å². The molecule has 9 nitrogen and oxygen atoms in total. The lowest BCUT2D eigenvalue weighted by atomic mass is 9.97. The van der Waals surface area contributed by atoms with Crippen molar-refractivity contribution in [1.82, 2.24) is 14.9 Å². The first-order valence-corrected chi connectivity index (χ1v) is 15.1. The Labute approximate surface area is 254 Å². The molecule has 44 heavy (non-hydrogen) atoms. The summed E-state index contributed by atoms with van der Waals surface area (Å²) in [5, 5.41) is 45.1. The van der Waals surface area contributed by atoms with E-state index >= 15 is 0 Å². The first-order chi connectivity index (χ1) is 21.2. The number of phenols is 2. The lowest BCUT2D eigenvalue weighted by molar-refractivity contribution is 0.0470. The van der Waals surface area contributed by atoms with Crippen LogP contribution in [-0.4, -0.2) is 54.4 Å². The number of nitrogens with zero attached hydrogens (tertiary/aromatic N) is 1. The molecule has 6 N–H and O–H groups in total. The van der Waals surface area contributed by atoms with Crippen LogP contribution < -0.4 is 11.1 Å². The van der Waals surface area contributed by atoms with Gasteiger partial charge in [0.15, 0.2) is 0 Å². The zero-order valence-corrected chi connectivity index (χ0v) is 24.8. The molecule has 0 aliphatic heterocycles. The van der Waals surface area contributed by atoms with Gasteiger partial charge in [0, 0.05) is 42.0 Å². The number of aliphatic hydroxyl groups excluding tert-OH is 2. The second-order valence-electron chi connectivity index (χ2n) is 11.7. The van der Waals surface area contributed by atoms with E-state index in [4.69, 9.17) is 0 Å². The van der Waals surface area contributed by atoms with Crippen LogP contribution in [0.5, 0.6) is 11.5 Å². The number of pyridine rings is 2. The normalized spacial score (nSPS) is 14.8. The summed E-state index contributed by atoms with van der Waals surface area (Å²) < 4.78 is 0. The van der Waals surface area contributed by atoms with E-state index in [9.17, 15) is 30.0 Å². The van der Waals surface area contributed by atoms with E-state index in [2.05, 4.69) is 40.8 Å². The van der Waals surface area contributed by atoms with Crippen molar-refractivity contribution < 1.29 is 20.4 Å². The zero-order valence-electron chi connectivity index (χ0n) is 24.8. The topological polar surface area (TPSA) is 150 Å². The second kappa shape index (κ2) is 11.9. The van der Waals surface area contributed by atoms with Gasteiger partial charge >= 0.3 is 0 Å². The fourth-order valence-electron chi connectivity index (χ4n) is 6.78. The van der Waals surface area contributed by atoms with Crippen molar-refractivity contribution in [3.8, 4) is 11.5 Å². The predicted octanol–water partition coefficient (Wildman–Crippen LogP) is 4.14. The molecule has 0 saturated carbocycles. The molecule has 1 aliphatic rings. The highest BCUT2D eigenvalue weighted by molar-refractivity contribution is 5.88. The third kappa shape index (κ3) is 5.50. The molecular formula is C35H37N3O6. The van der Waals surface area contributed by atoms with Gasteiger partial charge in [0.1, 0.15) is 11.5 Å². The van der Waals surface area contributed by atoms with E-state index in [1.54, 1.807) is 24.3 Å². The number of fused-ring (bicyclic) bond motifs is 3. The van der Waals surface area contributed by atoms with Gasteiger partial charge in [-0.15, -0.1) is 0 Å². The monoisotopic (exact) mass is 595 g/mol. The van der Waals surface area contributed by atoms with Crippen LogP contribution in [0.3, 0.4) is 0 Å². The van der Waals surface area contributed by atoms with Crippen molar-refractivity contribution in [1.29, 1.82) is 0 Å². The molecule has 2 atom stereocenters. The molecule has 0 spiro atoms. The summed E-state index contributed by atoms with van der Waals surface area (Å²) in [6, 6.07) is 16.8. The summed E-state index contributed by atoms with van der Waals surface area (Å²) in [5.74, 6) is -0.161. The number of aromatic hydroxyl groups is 2. The van der Waals surface area contributed by atoms with Gasteiger partial charge in [-0.3, -0.25) is 14.5 Å². The minimum absolute atomic E-state index is 0.00233. The number of hydrogen-bond acceptors (Lipinski definition) is 7. The minimum Gasteiger partial charge on any atom is -0.506 e. The molecule has 1 unspecified atom stereocenters. The largest absolute Gasteiger partial charge is 0.506 e. The number of benzene rings is 3. The van der Waals surface area contributed by atoms with E-state index in [0.717, 1.165) is 25.7 Å². The number of aromatic nitrogens is 2. The standard InChI is InChI=1S/C35H37N3O6/c1-3-19-13-21-15-23(16-22(21)14-20(19)4-2)38(17-30(41)24-5-9-28(39)34-26(24)7-11-32(43)36-34)18-31(42)25-6-10-29(40)35-27(25)8-12-33(44)37-35/h5-14,23,30-31,39-42H,3-4,15-18H2,1-2H3,(H,36,43)(H,37,44)/t30-,31?/m0/s1.